The quantitative estimate of drug-likeness (QED) is 0.583. The van der Waals surface area contributed by atoms with Gasteiger partial charge in [0.05, 0.1) is 17.1 Å². The number of carbonyl (C=O) groups excluding carboxylic acids is 2. The summed E-state index contributed by atoms with van der Waals surface area (Å²) in [7, 11) is -4.13. The number of hydrogen-bond acceptors (Lipinski definition) is 7. The second kappa shape index (κ2) is 10.5. The van der Waals surface area contributed by atoms with Gasteiger partial charge < -0.3 is 15.0 Å². The molecule has 1 aromatic carbocycles. The molecule has 2 N–H and O–H groups in total. The molecule has 2 amide bonds. The lowest BCUT2D eigenvalue weighted by atomic mass is 9.92. The van der Waals surface area contributed by atoms with Crippen LogP contribution in [0.5, 0.6) is 0 Å². The number of nitrogens with one attached hydrogen (secondary N) is 2. The molecule has 0 bridgehead atoms. The predicted molar refractivity (Wildman–Crippen MR) is 124 cm³/mol. The molecule has 1 aromatic rings. The average molecular weight is 547 g/mol. The SMILES string of the molecule is CCOC(=O)N1CCC(NC(=O)C2=CC3(CCN(S(=O)(=O)c4cccc(C(F)(F)F)c4)CC3)ON2)CC1. The van der Waals surface area contributed by atoms with E-state index in [9.17, 15) is 31.2 Å². The fourth-order valence-electron chi connectivity index (χ4n) is 4.61. The van der Waals surface area contributed by atoms with E-state index >= 15 is 0 Å². The zero-order chi connectivity index (χ0) is 26.8. The number of nitrogens with zero attached hydrogens (tertiary/aromatic N) is 2. The van der Waals surface area contributed by atoms with Crippen LogP contribution in [0, 0.1) is 0 Å². The van der Waals surface area contributed by atoms with E-state index in [1.807, 2.05) is 0 Å². The number of piperidine rings is 2. The van der Waals surface area contributed by atoms with Gasteiger partial charge in [0.1, 0.15) is 11.3 Å². The van der Waals surface area contributed by atoms with E-state index in [0.717, 1.165) is 22.5 Å². The van der Waals surface area contributed by atoms with Crippen molar-refractivity contribution >= 4 is 22.0 Å². The van der Waals surface area contributed by atoms with E-state index in [2.05, 4.69) is 10.8 Å². The molecule has 10 nitrogen and oxygen atoms in total. The number of halogens is 3. The number of ether oxygens (including phenoxy) is 1. The Labute approximate surface area is 212 Å². The highest BCUT2D eigenvalue weighted by Gasteiger charge is 2.43. The van der Waals surface area contributed by atoms with Gasteiger partial charge in [-0.1, -0.05) is 6.07 Å². The molecule has 2 saturated heterocycles. The molecule has 2 fully saturated rings. The molecule has 37 heavy (non-hydrogen) atoms. The highest BCUT2D eigenvalue weighted by atomic mass is 32.2. The zero-order valence-corrected chi connectivity index (χ0v) is 21.0. The number of amides is 2. The van der Waals surface area contributed by atoms with E-state index in [0.29, 0.717) is 38.6 Å². The summed E-state index contributed by atoms with van der Waals surface area (Å²) in [5.74, 6) is -0.370. The molecule has 0 unspecified atom stereocenters. The van der Waals surface area contributed by atoms with Crippen LogP contribution in [0.15, 0.2) is 40.9 Å². The second-order valence-corrected chi connectivity index (χ2v) is 11.1. The molecule has 4 rings (SSSR count). The first kappa shape index (κ1) is 27.2. The number of sulfonamides is 1. The summed E-state index contributed by atoms with van der Waals surface area (Å²) in [4.78, 5) is 31.4. The molecule has 3 heterocycles. The number of carbonyl (C=O) groups is 2. The van der Waals surface area contributed by atoms with Gasteiger partial charge in [-0.3, -0.25) is 15.1 Å². The minimum atomic E-state index is -4.65. The Balaban J connectivity index is 1.33. The summed E-state index contributed by atoms with van der Waals surface area (Å²) >= 11 is 0. The third-order valence-corrected chi connectivity index (χ3v) is 8.63. The number of hydrogen-bond donors (Lipinski definition) is 2. The highest BCUT2D eigenvalue weighted by molar-refractivity contribution is 7.89. The van der Waals surface area contributed by atoms with Crippen molar-refractivity contribution < 1.29 is 40.8 Å². The second-order valence-electron chi connectivity index (χ2n) is 9.19. The van der Waals surface area contributed by atoms with Crippen LogP contribution in [0.4, 0.5) is 18.0 Å². The van der Waals surface area contributed by atoms with E-state index in [1.54, 1.807) is 17.9 Å². The number of hydroxylamine groups is 1. The molecule has 0 aliphatic carbocycles. The van der Waals surface area contributed by atoms with Gasteiger partial charge in [-0.2, -0.15) is 17.5 Å². The van der Waals surface area contributed by atoms with Gasteiger partial charge in [0.25, 0.3) is 5.91 Å². The fourth-order valence-corrected chi connectivity index (χ4v) is 6.10. The van der Waals surface area contributed by atoms with Gasteiger partial charge in [-0.05, 0) is 56.9 Å². The van der Waals surface area contributed by atoms with E-state index < -0.39 is 32.3 Å². The molecule has 0 radical (unpaired) electrons. The van der Waals surface area contributed by atoms with Gasteiger partial charge in [-0.15, -0.1) is 0 Å². The van der Waals surface area contributed by atoms with Crippen LogP contribution in [0.3, 0.4) is 0 Å². The Kier molecular flexibility index (Phi) is 7.72. The molecule has 14 heteroatoms. The summed E-state index contributed by atoms with van der Waals surface area (Å²) < 4.78 is 71.1. The van der Waals surface area contributed by atoms with Gasteiger partial charge in [0, 0.05) is 32.2 Å². The molecule has 0 saturated carbocycles. The molecular formula is C23H29F3N4O6S. The summed E-state index contributed by atoms with van der Waals surface area (Å²) in [5, 5.41) is 2.92. The van der Waals surface area contributed by atoms with Crippen LogP contribution in [0.1, 0.15) is 38.2 Å². The standard InChI is InChI=1S/C23H29F3N4O6S/c1-2-35-21(32)29-10-6-17(7-11-29)27-20(31)19-15-22(36-28-19)8-12-30(13-9-22)37(33,34)18-5-3-4-16(14-18)23(24,25)26/h3-5,14-15,17,28H,2,6-13H2,1H3,(H,27,31). The fraction of sp³-hybridized carbons (Fsp3) is 0.565. The van der Waals surface area contributed by atoms with Gasteiger partial charge >= 0.3 is 12.3 Å². The highest BCUT2D eigenvalue weighted by Crippen LogP contribution is 2.35. The van der Waals surface area contributed by atoms with Crippen LogP contribution in [-0.4, -0.2) is 74.1 Å². The first-order valence-corrected chi connectivity index (χ1v) is 13.4. The molecule has 1 spiro atoms. The van der Waals surface area contributed by atoms with Crippen molar-refractivity contribution in [3.05, 3.63) is 41.6 Å². The number of rotatable bonds is 5. The maximum absolute atomic E-state index is 13.0. The summed E-state index contributed by atoms with van der Waals surface area (Å²) in [6, 6.07) is 3.54. The van der Waals surface area contributed by atoms with Gasteiger partial charge in [-0.25, -0.2) is 13.2 Å². The van der Waals surface area contributed by atoms with Crippen molar-refractivity contribution in [2.24, 2.45) is 0 Å². The van der Waals surface area contributed by atoms with E-state index in [-0.39, 0.29) is 49.7 Å². The van der Waals surface area contributed by atoms with Crippen molar-refractivity contribution in [1.82, 2.24) is 20.0 Å². The van der Waals surface area contributed by atoms with Gasteiger partial charge in [0.15, 0.2) is 0 Å². The van der Waals surface area contributed by atoms with Gasteiger partial charge in [0.2, 0.25) is 10.0 Å². The van der Waals surface area contributed by atoms with Crippen LogP contribution in [-0.2, 0) is 30.6 Å². The van der Waals surface area contributed by atoms with E-state index in [4.69, 9.17) is 9.57 Å². The Morgan fingerprint density at radius 1 is 1.19 bits per heavy atom. The Bertz CT molecular complexity index is 1160. The predicted octanol–water partition coefficient (Wildman–Crippen LogP) is 2.38. The Morgan fingerprint density at radius 2 is 1.86 bits per heavy atom. The maximum Gasteiger partial charge on any atom is 0.416 e. The third-order valence-electron chi connectivity index (χ3n) is 6.74. The lowest BCUT2D eigenvalue weighted by molar-refractivity contribution is -0.137. The van der Waals surface area contributed by atoms with E-state index in [1.165, 1.54) is 0 Å². The molecule has 204 valence electrons. The Morgan fingerprint density at radius 3 is 2.49 bits per heavy atom. The first-order chi connectivity index (χ1) is 17.4. The summed E-state index contributed by atoms with van der Waals surface area (Å²) in [6.45, 7) is 2.99. The maximum atomic E-state index is 13.0. The largest absolute Gasteiger partial charge is 0.450 e. The van der Waals surface area contributed by atoms with Crippen molar-refractivity contribution in [2.75, 3.05) is 32.8 Å². The summed E-state index contributed by atoms with van der Waals surface area (Å²) in [6.07, 6.45) is -1.81. The van der Waals surface area contributed by atoms with Crippen molar-refractivity contribution in [2.45, 2.75) is 55.3 Å². The monoisotopic (exact) mass is 546 g/mol. The molecule has 0 atom stereocenters. The minimum Gasteiger partial charge on any atom is -0.450 e. The molecular weight excluding hydrogens is 517 g/mol. The van der Waals surface area contributed by atoms with Crippen molar-refractivity contribution in [3.8, 4) is 0 Å². The lowest BCUT2D eigenvalue weighted by Crippen LogP contribution is -2.47. The normalized spacial score (nSPS) is 20.9. The van der Waals surface area contributed by atoms with Crippen LogP contribution < -0.4 is 10.8 Å². The number of likely N-dealkylation sites (tertiary alicyclic amines) is 1. The third kappa shape index (κ3) is 6.02. The topological polar surface area (TPSA) is 117 Å². The van der Waals surface area contributed by atoms with Crippen LogP contribution in [0.2, 0.25) is 0 Å². The molecule has 3 aliphatic heterocycles. The lowest BCUT2D eigenvalue weighted by Gasteiger charge is -2.35. The minimum absolute atomic E-state index is 0.0119. The Hall–Kier alpha value is -2.84. The zero-order valence-electron chi connectivity index (χ0n) is 20.2. The first-order valence-electron chi connectivity index (χ1n) is 12.0. The van der Waals surface area contributed by atoms with Crippen LogP contribution in [0.25, 0.3) is 0 Å². The number of alkyl halides is 3. The number of benzene rings is 1. The van der Waals surface area contributed by atoms with Crippen molar-refractivity contribution in [3.63, 3.8) is 0 Å². The molecule has 3 aliphatic rings. The average Bonchev–Trinajstić information content (AvgIpc) is 3.28. The van der Waals surface area contributed by atoms with Crippen LogP contribution >= 0.6 is 0 Å². The van der Waals surface area contributed by atoms with Crippen molar-refractivity contribution in [1.29, 1.82) is 0 Å². The smallest absolute Gasteiger partial charge is 0.416 e. The summed E-state index contributed by atoms with van der Waals surface area (Å²) in [5.41, 5.74) is 0.906. The molecule has 0 aromatic heterocycles.